The Kier molecular flexibility index (Phi) is 5.60. The van der Waals surface area contributed by atoms with E-state index in [0.29, 0.717) is 0 Å². The highest BCUT2D eigenvalue weighted by Gasteiger charge is 2.22. The van der Waals surface area contributed by atoms with Crippen LogP contribution in [0.25, 0.3) is 0 Å². The number of nitrogens with zero attached hydrogens (tertiary/aromatic N) is 3. The lowest BCUT2D eigenvalue weighted by Crippen LogP contribution is -2.49. The molecule has 0 saturated carbocycles. The van der Waals surface area contributed by atoms with Crippen molar-refractivity contribution < 1.29 is 4.74 Å². The molecule has 21 heavy (non-hydrogen) atoms. The van der Waals surface area contributed by atoms with E-state index in [0.717, 1.165) is 44.9 Å². The van der Waals surface area contributed by atoms with E-state index >= 15 is 0 Å². The molecule has 0 radical (unpaired) electrons. The zero-order chi connectivity index (χ0) is 15.2. The molecular formula is C17H25N3O. The molecule has 1 aliphatic heterocycles. The molecule has 4 nitrogen and oxygen atoms in total. The predicted molar refractivity (Wildman–Crippen MR) is 84.3 cm³/mol. The number of rotatable bonds is 5. The topological polar surface area (TPSA) is 39.5 Å². The summed E-state index contributed by atoms with van der Waals surface area (Å²) >= 11 is 0. The quantitative estimate of drug-likeness (QED) is 0.834. The number of ether oxygens (including phenoxy) is 1. The Hall–Kier alpha value is -1.57. The Morgan fingerprint density at radius 1 is 1.29 bits per heavy atom. The monoisotopic (exact) mass is 287 g/mol. The summed E-state index contributed by atoms with van der Waals surface area (Å²) < 4.78 is 5.46. The lowest BCUT2D eigenvalue weighted by Gasteiger charge is -2.36. The van der Waals surface area contributed by atoms with E-state index < -0.39 is 0 Å². The third-order valence-corrected chi connectivity index (χ3v) is 4.21. The molecule has 0 bridgehead atoms. The van der Waals surface area contributed by atoms with Gasteiger partial charge in [-0.1, -0.05) is 24.6 Å². The predicted octanol–water partition coefficient (Wildman–Crippen LogP) is 2.42. The van der Waals surface area contributed by atoms with Gasteiger partial charge < -0.3 is 4.74 Å². The molecule has 4 heteroatoms. The molecule has 0 aliphatic carbocycles. The van der Waals surface area contributed by atoms with Crippen molar-refractivity contribution in [2.45, 2.75) is 32.9 Å². The van der Waals surface area contributed by atoms with Crippen molar-refractivity contribution in [1.29, 1.82) is 5.26 Å². The maximum Gasteiger partial charge on any atom is 0.123 e. The minimum absolute atomic E-state index is 0.0701. The van der Waals surface area contributed by atoms with Crippen LogP contribution in [0.2, 0.25) is 0 Å². The molecule has 0 amide bonds. The zero-order valence-corrected chi connectivity index (χ0v) is 13.3. The molecule has 0 aromatic heterocycles. The second-order valence-electron chi connectivity index (χ2n) is 5.68. The van der Waals surface area contributed by atoms with Gasteiger partial charge in [0, 0.05) is 38.3 Å². The van der Waals surface area contributed by atoms with Crippen LogP contribution in [0.5, 0.6) is 5.75 Å². The molecule has 0 N–H and O–H groups in total. The number of hydrogen-bond donors (Lipinski definition) is 0. The summed E-state index contributed by atoms with van der Waals surface area (Å²) in [5, 5.41) is 9.16. The van der Waals surface area contributed by atoms with Gasteiger partial charge in [0.25, 0.3) is 0 Å². The van der Waals surface area contributed by atoms with Gasteiger partial charge in [-0.15, -0.1) is 0 Å². The maximum atomic E-state index is 9.16. The zero-order valence-electron chi connectivity index (χ0n) is 13.3. The molecule has 1 aliphatic rings. The standard InChI is InChI=1S/C17H25N3O/c1-4-16(12-18)20-9-7-19(8-10-20)13-15-11-14(2)5-6-17(15)21-3/h5-6,11,16H,4,7-10,13H2,1-3H3. The first-order valence-electron chi connectivity index (χ1n) is 7.67. The maximum absolute atomic E-state index is 9.16. The van der Waals surface area contributed by atoms with Crippen LogP contribution in [-0.2, 0) is 6.54 Å². The van der Waals surface area contributed by atoms with Crippen LogP contribution in [0, 0.1) is 18.3 Å². The van der Waals surface area contributed by atoms with Crippen molar-refractivity contribution in [3.63, 3.8) is 0 Å². The molecule has 1 atom stereocenters. The van der Waals surface area contributed by atoms with Crippen LogP contribution < -0.4 is 4.74 Å². The molecule has 1 heterocycles. The van der Waals surface area contributed by atoms with Crippen molar-refractivity contribution in [2.75, 3.05) is 33.3 Å². The summed E-state index contributed by atoms with van der Waals surface area (Å²) in [6.07, 6.45) is 0.905. The number of aryl methyl sites for hydroxylation is 1. The van der Waals surface area contributed by atoms with Crippen molar-refractivity contribution in [3.05, 3.63) is 29.3 Å². The van der Waals surface area contributed by atoms with Crippen LogP contribution in [0.1, 0.15) is 24.5 Å². The van der Waals surface area contributed by atoms with E-state index in [-0.39, 0.29) is 6.04 Å². The molecule has 114 valence electrons. The molecule has 1 unspecified atom stereocenters. The summed E-state index contributed by atoms with van der Waals surface area (Å²) in [6, 6.07) is 8.80. The van der Waals surface area contributed by atoms with Crippen LogP contribution in [-0.4, -0.2) is 49.1 Å². The molecule has 1 saturated heterocycles. The van der Waals surface area contributed by atoms with Gasteiger partial charge in [0.05, 0.1) is 19.2 Å². The van der Waals surface area contributed by atoms with Gasteiger partial charge in [0.15, 0.2) is 0 Å². The highest BCUT2D eigenvalue weighted by atomic mass is 16.5. The van der Waals surface area contributed by atoms with E-state index in [2.05, 4.69) is 41.8 Å². The first-order chi connectivity index (χ1) is 10.2. The lowest BCUT2D eigenvalue weighted by molar-refractivity contribution is 0.107. The van der Waals surface area contributed by atoms with E-state index in [1.165, 1.54) is 11.1 Å². The van der Waals surface area contributed by atoms with Gasteiger partial charge in [-0.3, -0.25) is 9.80 Å². The molecule has 2 rings (SSSR count). The van der Waals surface area contributed by atoms with E-state index in [9.17, 15) is 0 Å². The smallest absolute Gasteiger partial charge is 0.123 e. The SMILES string of the molecule is CCC(C#N)N1CCN(Cc2cc(C)ccc2OC)CC1. The van der Waals surface area contributed by atoms with E-state index in [1.54, 1.807) is 7.11 Å². The third-order valence-electron chi connectivity index (χ3n) is 4.21. The number of piperazine rings is 1. The Morgan fingerprint density at radius 2 is 2.00 bits per heavy atom. The Balaban J connectivity index is 1.95. The summed E-state index contributed by atoms with van der Waals surface area (Å²) in [4.78, 5) is 4.74. The number of methoxy groups -OCH3 is 1. The highest BCUT2D eigenvalue weighted by molar-refractivity contribution is 5.36. The van der Waals surface area contributed by atoms with Gasteiger partial charge in [-0.25, -0.2) is 0 Å². The van der Waals surface area contributed by atoms with Crippen LogP contribution >= 0.6 is 0 Å². The summed E-state index contributed by atoms with van der Waals surface area (Å²) in [5.41, 5.74) is 2.51. The number of hydrogen-bond acceptors (Lipinski definition) is 4. The summed E-state index contributed by atoms with van der Waals surface area (Å²) in [6.45, 7) is 9.07. The molecular weight excluding hydrogens is 262 g/mol. The van der Waals surface area contributed by atoms with Crippen molar-refractivity contribution in [2.24, 2.45) is 0 Å². The van der Waals surface area contributed by atoms with Crippen LogP contribution in [0.4, 0.5) is 0 Å². The van der Waals surface area contributed by atoms with Gasteiger partial charge in [-0.2, -0.15) is 5.26 Å². The molecule has 1 fully saturated rings. The minimum atomic E-state index is 0.0701. The Bertz CT molecular complexity index is 501. The van der Waals surface area contributed by atoms with E-state index in [1.807, 2.05) is 6.07 Å². The van der Waals surface area contributed by atoms with Crippen molar-refractivity contribution in [3.8, 4) is 11.8 Å². The van der Waals surface area contributed by atoms with Gasteiger partial charge in [-0.05, 0) is 19.4 Å². The fourth-order valence-corrected chi connectivity index (χ4v) is 2.94. The molecule has 1 aromatic rings. The largest absolute Gasteiger partial charge is 0.496 e. The van der Waals surface area contributed by atoms with Gasteiger partial charge in [0.2, 0.25) is 0 Å². The first-order valence-corrected chi connectivity index (χ1v) is 7.67. The normalized spacial score (nSPS) is 18.2. The summed E-state index contributed by atoms with van der Waals surface area (Å²) in [5.74, 6) is 0.964. The fourth-order valence-electron chi connectivity index (χ4n) is 2.94. The average Bonchev–Trinajstić information content (AvgIpc) is 2.50. The Labute approximate surface area is 127 Å². The van der Waals surface area contributed by atoms with Crippen LogP contribution in [0.3, 0.4) is 0 Å². The minimum Gasteiger partial charge on any atom is -0.496 e. The first kappa shape index (κ1) is 15.8. The second kappa shape index (κ2) is 7.44. The molecule has 1 aromatic carbocycles. The van der Waals surface area contributed by atoms with Crippen LogP contribution in [0.15, 0.2) is 18.2 Å². The molecule has 0 spiro atoms. The Morgan fingerprint density at radius 3 is 2.57 bits per heavy atom. The van der Waals surface area contributed by atoms with E-state index in [4.69, 9.17) is 10.00 Å². The van der Waals surface area contributed by atoms with Gasteiger partial charge >= 0.3 is 0 Å². The number of nitriles is 1. The average molecular weight is 287 g/mol. The van der Waals surface area contributed by atoms with Crippen molar-refractivity contribution >= 4 is 0 Å². The summed E-state index contributed by atoms with van der Waals surface area (Å²) in [7, 11) is 1.73. The highest BCUT2D eigenvalue weighted by Crippen LogP contribution is 2.22. The number of benzene rings is 1. The van der Waals surface area contributed by atoms with Gasteiger partial charge in [0.1, 0.15) is 5.75 Å². The third kappa shape index (κ3) is 3.96. The van der Waals surface area contributed by atoms with Crippen molar-refractivity contribution in [1.82, 2.24) is 9.80 Å². The fraction of sp³-hybridized carbons (Fsp3) is 0.588. The second-order valence-corrected chi connectivity index (χ2v) is 5.68. The lowest BCUT2D eigenvalue weighted by atomic mass is 10.1.